The van der Waals surface area contributed by atoms with E-state index in [0.717, 1.165) is 12.8 Å². The van der Waals surface area contributed by atoms with Crippen LogP contribution in [0.5, 0.6) is 0 Å². The molecule has 0 radical (unpaired) electrons. The highest BCUT2D eigenvalue weighted by molar-refractivity contribution is 5.92. The quantitative estimate of drug-likeness (QED) is 0.353. The number of ether oxygens (including phenoxy) is 1. The Morgan fingerprint density at radius 3 is 2.30 bits per heavy atom. The maximum atomic E-state index is 13.7. The average molecular weight is 460 g/mol. The number of unbranched alkanes of at least 4 members (excludes halogenated alkanes) is 1. The molecule has 0 spiro atoms. The van der Waals surface area contributed by atoms with Crippen LogP contribution in [0.1, 0.15) is 72.4 Å². The van der Waals surface area contributed by atoms with Gasteiger partial charge in [0.05, 0.1) is 0 Å². The molecule has 0 aromatic heterocycles. The lowest BCUT2D eigenvalue weighted by atomic mass is 9.99. The molecule has 3 amide bonds. The molecule has 7 nitrogen and oxygen atoms in total. The average Bonchev–Trinajstić information content (AvgIpc) is 2.71. The lowest BCUT2D eigenvalue weighted by Gasteiger charge is -2.34. The van der Waals surface area contributed by atoms with E-state index < -0.39 is 23.8 Å². The molecule has 1 aromatic carbocycles. The second-order valence-electron chi connectivity index (χ2n) is 9.57. The zero-order valence-electron chi connectivity index (χ0n) is 21.0. The third-order valence-corrected chi connectivity index (χ3v) is 4.81. The SMILES string of the molecule is C=CCN(C(=O)C(CC(C)C)NC(=O)OC(C)(C)C)C(C(=O)NCCCC)c1ccccc1. The lowest BCUT2D eigenvalue weighted by Crippen LogP contribution is -2.53. The van der Waals surface area contributed by atoms with Crippen LogP contribution in [-0.4, -0.2) is 47.5 Å². The van der Waals surface area contributed by atoms with Crippen LogP contribution in [-0.2, 0) is 14.3 Å². The Bertz CT molecular complexity index is 771. The number of hydrogen-bond acceptors (Lipinski definition) is 4. The highest BCUT2D eigenvalue weighted by Crippen LogP contribution is 2.24. The van der Waals surface area contributed by atoms with Gasteiger partial charge >= 0.3 is 6.09 Å². The summed E-state index contributed by atoms with van der Waals surface area (Å²) < 4.78 is 5.38. The molecular weight excluding hydrogens is 418 g/mol. The summed E-state index contributed by atoms with van der Waals surface area (Å²) in [4.78, 5) is 40.9. The largest absolute Gasteiger partial charge is 0.444 e. The molecule has 0 saturated carbocycles. The number of nitrogens with one attached hydrogen (secondary N) is 2. The van der Waals surface area contributed by atoms with Crippen LogP contribution in [0, 0.1) is 5.92 Å². The van der Waals surface area contributed by atoms with Crippen molar-refractivity contribution in [2.45, 2.75) is 78.5 Å². The molecule has 0 heterocycles. The molecule has 1 aromatic rings. The summed E-state index contributed by atoms with van der Waals surface area (Å²) in [7, 11) is 0. The van der Waals surface area contributed by atoms with Crippen LogP contribution >= 0.6 is 0 Å². The lowest BCUT2D eigenvalue weighted by molar-refractivity contribution is -0.142. The number of amides is 3. The number of carbonyl (C=O) groups is 3. The molecular formula is C26H41N3O4. The molecule has 0 bridgehead atoms. The smallest absolute Gasteiger partial charge is 0.408 e. The van der Waals surface area contributed by atoms with Gasteiger partial charge in [-0.15, -0.1) is 6.58 Å². The first-order valence-corrected chi connectivity index (χ1v) is 11.7. The molecule has 2 N–H and O–H groups in total. The van der Waals surface area contributed by atoms with Crippen LogP contribution in [0.15, 0.2) is 43.0 Å². The van der Waals surface area contributed by atoms with E-state index in [9.17, 15) is 14.4 Å². The maximum Gasteiger partial charge on any atom is 0.408 e. The zero-order chi connectivity index (χ0) is 25.0. The summed E-state index contributed by atoms with van der Waals surface area (Å²) in [5.41, 5.74) is 0.00413. The molecule has 33 heavy (non-hydrogen) atoms. The second-order valence-corrected chi connectivity index (χ2v) is 9.57. The summed E-state index contributed by atoms with van der Waals surface area (Å²) >= 11 is 0. The van der Waals surface area contributed by atoms with Gasteiger partial charge in [0.1, 0.15) is 17.7 Å². The van der Waals surface area contributed by atoms with Crippen LogP contribution in [0.4, 0.5) is 4.79 Å². The number of hydrogen-bond donors (Lipinski definition) is 2. The molecule has 184 valence electrons. The van der Waals surface area contributed by atoms with Gasteiger partial charge in [-0.2, -0.15) is 0 Å². The topological polar surface area (TPSA) is 87.7 Å². The van der Waals surface area contributed by atoms with Gasteiger partial charge in [0.25, 0.3) is 0 Å². The van der Waals surface area contributed by atoms with E-state index in [0.29, 0.717) is 18.5 Å². The molecule has 0 aliphatic carbocycles. The summed E-state index contributed by atoms with van der Waals surface area (Å²) in [5.74, 6) is -0.479. The van der Waals surface area contributed by atoms with Crippen molar-refractivity contribution in [3.05, 3.63) is 48.6 Å². The summed E-state index contributed by atoms with van der Waals surface area (Å²) in [6, 6.07) is 7.50. The number of carbonyl (C=O) groups excluding carboxylic acids is 3. The fourth-order valence-electron chi connectivity index (χ4n) is 3.40. The van der Waals surface area contributed by atoms with E-state index in [1.807, 2.05) is 51.1 Å². The van der Waals surface area contributed by atoms with Gasteiger partial charge in [0.15, 0.2) is 0 Å². The Hall–Kier alpha value is -2.83. The molecule has 2 unspecified atom stereocenters. The molecule has 7 heteroatoms. The van der Waals surface area contributed by atoms with E-state index in [2.05, 4.69) is 17.2 Å². The second kappa shape index (κ2) is 13.7. The van der Waals surface area contributed by atoms with E-state index in [4.69, 9.17) is 4.74 Å². The number of nitrogens with zero attached hydrogens (tertiary/aromatic N) is 1. The molecule has 0 saturated heterocycles. The fourth-order valence-corrected chi connectivity index (χ4v) is 3.40. The summed E-state index contributed by atoms with van der Waals surface area (Å²) in [6.45, 7) is 15.8. The van der Waals surface area contributed by atoms with Gasteiger partial charge in [-0.3, -0.25) is 9.59 Å². The van der Waals surface area contributed by atoms with E-state index in [1.54, 1.807) is 26.8 Å². The van der Waals surface area contributed by atoms with Crippen LogP contribution < -0.4 is 10.6 Å². The van der Waals surface area contributed by atoms with Crippen LogP contribution in [0.2, 0.25) is 0 Å². The van der Waals surface area contributed by atoms with Crippen molar-refractivity contribution in [2.24, 2.45) is 5.92 Å². The zero-order valence-corrected chi connectivity index (χ0v) is 21.0. The number of benzene rings is 1. The van der Waals surface area contributed by atoms with Crippen molar-refractivity contribution in [3.63, 3.8) is 0 Å². The van der Waals surface area contributed by atoms with Crippen LogP contribution in [0.25, 0.3) is 0 Å². The monoisotopic (exact) mass is 459 g/mol. The predicted octanol–water partition coefficient (Wildman–Crippen LogP) is 4.60. The Balaban J connectivity index is 3.30. The Morgan fingerprint density at radius 2 is 1.79 bits per heavy atom. The van der Waals surface area contributed by atoms with Gasteiger partial charge < -0.3 is 20.3 Å². The predicted molar refractivity (Wildman–Crippen MR) is 132 cm³/mol. The van der Waals surface area contributed by atoms with Crippen molar-refractivity contribution < 1.29 is 19.1 Å². The third-order valence-electron chi connectivity index (χ3n) is 4.81. The minimum Gasteiger partial charge on any atom is -0.444 e. The Kier molecular flexibility index (Phi) is 11.7. The molecule has 0 aliphatic rings. The van der Waals surface area contributed by atoms with E-state index in [-0.39, 0.29) is 24.3 Å². The van der Waals surface area contributed by atoms with Gasteiger partial charge in [-0.25, -0.2) is 4.79 Å². The minimum absolute atomic E-state index is 0.132. The van der Waals surface area contributed by atoms with Crippen LogP contribution in [0.3, 0.4) is 0 Å². The molecule has 0 fully saturated rings. The third kappa shape index (κ3) is 10.1. The van der Waals surface area contributed by atoms with Gasteiger partial charge in [-0.05, 0) is 45.1 Å². The molecule has 0 aliphatic heterocycles. The van der Waals surface area contributed by atoms with E-state index >= 15 is 0 Å². The molecule has 1 rings (SSSR count). The Labute approximate surface area is 198 Å². The van der Waals surface area contributed by atoms with Crippen molar-refractivity contribution in [2.75, 3.05) is 13.1 Å². The number of rotatable bonds is 12. The van der Waals surface area contributed by atoms with Gasteiger partial charge in [-0.1, -0.05) is 63.6 Å². The number of alkyl carbamates (subject to hydrolysis) is 1. The standard InChI is InChI=1S/C26H41N3O4/c1-8-10-16-27-23(30)22(20-14-12-11-13-15-20)29(17-9-2)24(31)21(18-19(3)4)28-25(32)33-26(5,6)7/h9,11-15,19,21-22H,2,8,10,16-18H2,1,3-7H3,(H,27,30)(H,28,32). The highest BCUT2D eigenvalue weighted by Gasteiger charge is 2.35. The van der Waals surface area contributed by atoms with Crippen molar-refractivity contribution >= 4 is 17.9 Å². The highest BCUT2D eigenvalue weighted by atomic mass is 16.6. The van der Waals surface area contributed by atoms with Crippen molar-refractivity contribution in [3.8, 4) is 0 Å². The summed E-state index contributed by atoms with van der Waals surface area (Å²) in [6.07, 6.45) is 3.13. The van der Waals surface area contributed by atoms with Crippen molar-refractivity contribution in [1.29, 1.82) is 0 Å². The van der Waals surface area contributed by atoms with Gasteiger partial charge in [0.2, 0.25) is 11.8 Å². The maximum absolute atomic E-state index is 13.7. The summed E-state index contributed by atoms with van der Waals surface area (Å²) in [5, 5.41) is 5.67. The Morgan fingerprint density at radius 1 is 1.15 bits per heavy atom. The first-order valence-electron chi connectivity index (χ1n) is 11.7. The van der Waals surface area contributed by atoms with Gasteiger partial charge in [0, 0.05) is 13.1 Å². The first kappa shape index (κ1) is 28.2. The normalized spacial score (nSPS) is 13.1. The van der Waals surface area contributed by atoms with Crippen molar-refractivity contribution in [1.82, 2.24) is 15.5 Å². The first-order chi connectivity index (χ1) is 15.5. The fraction of sp³-hybridized carbons (Fsp3) is 0.577. The minimum atomic E-state index is -0.844. The molecule has 2 atom stereocenters. The van der Waals surface area contributed by atoms with E-state index in [1.165, 1.54) is 4.90 Å².